The van der Waals surface area contributed by atoms with Crippen LogP contribution in [-0.4, -0.2) is 53.0 Å². The van der Waals surface area contributed by atoms with Gasteiger partial charge in [-0.05, 0) is 67.6 Å². The molecule has 1 aromatic heterocycles. The molecule has 1 aliphatic carbocycles. The lowest BCUT2D eigenvalue weighted by Crippen LogP contribution is -2.37. The van der Waals surface area contributed by atoms with Crippen LogP contribution in [0.1, 0.15) is 35.5 Å². The van der Waals surface area contributed by atoms with Gasteiger partial charge < -0.3 is 15.5 Å². The summed E-state index contributed by atoms with van der Waals surface area (Å²) in [5, 5.41) is 22.6. The van der Waals surface area contributed by atoms with Crippen LogP contribution < -0.4 is 5.32 Å². The van der Waals surface area contributed by atoms with Crippen molar-refractivity contribution < 1.29 is 27.7 Å². The smallest absolute Gasteiger partial charge is 0.243 e. The zero-order valence-electron chi connectivity index (χ0n) is 19.4. The fourth-order valence-corrected chi connectivity index (χ4v) is 6.53. The Bertz CT molecular complexity index is 1420. The number of hydrogen-bond donors (Lipinski definition) is 3. The molecule has 2 heterocycles. The molecule has 1 saturated heterocycles. The maximum absolute atomic E-state index is 13.1. The first-order valence-electron chi connectivity index (χ1n) is 11.8. The monoisotopic (exact) mass is 533 g/mol. The van der Waals surface area contributed by atoms with Crippen LogP contribution in [0.5, 0.6) is 5.75 Å². The van der Waals surface area contributed by atoms with Gasteiger partial charge in [0.1, 0.15) is 11.6 Å². The summed E-state index contributed by atoms with van der Waals surface area (Å²) in [6.45, 7) is 0.204. The molecule has 0 radical (unpaired) electrons. The number of sulfonamides is 1. The Kier molecular flexibility index (Phi) is 6.50. The number of phenolic OH excluding ortho intramolecular Hbond substituents is 1. The topological polar surface area (TPSA) is 120 Å². The quantitative estimate of drug-likeness (QED) is 0.406. The number of aliphatic hydroxyl groups is 1. The maximum Gasteiger partial charge on any atom is 0.243 e. The van der Waals surface area contributed by atoms with E-state index in [9.17, 15) is 23.4 Å². The molecule has 36 heavy (non-hydrogen) atoms. The normalized spacial score (nSPS) is 19.2. The predicted molar refractivity (Wildman–Crippen MR) is 143 cm³/mol. The minimum Gasteiger partial charge on any atom is -0.506 e. The zero-order valence-corrected chi connectivity index (χ0v) is 21.0. The zero-order chi connectivity index (χ0) is 25.5. The van der Waals surface area contributed by atoms with Gasteiger partial charge in [-0.1, -0.05) is 35.9 Å². The number of aromatic hydroxyl groups is 1. The molecule has 2 aromatic carbocycles. The summed E-state index contributed by atoms with van der Waals surface area (Å²) in [4.78, 5) is 17.8. The molecule has 0 unspecified atom stereocenters. The van der Waals surface area contributed by atoms with Crippen LogP contribution in [0.15, 0.2) is 65.6 Å². The second-order valence-electron chi connectivity index (χ2n) is 9.23. The van der Waals surface area contributed by atoms with Gasteiger partial charge in [0.05, 0.1) is 27.6 Å². The first-order valence-corrected chi connectivity index (χ1v) is 13.6. The Morgan fingerprint density at radius 2 is 1.92 bits per heavy atom. The average molecular weight is 534 g/mol. The number of nitrogens with zero attached hydrogens (tertiary/aromatic N) is 2. The van der Waals surface area contributed by atoms with E-state index in [1.807, 2.05) is 0 Å². The van der Waals surface area contributed by atoms with Crippen LogP contribution in [-0.2, 0) is 20.2 Å². The number of hydrogen-bond acceptors (Lipinski definition) is 6. The number of phenols is 1. The van der Waals surface area contributed by atoms with E-state index in [1.165, 1.54) is 22.5 Å². The Morgan fingerprint density at radius 1 is 1.17 bits per heavy atom. The number of nitrogens with one attached hydrogen (secondary N) is 1. The van der Waals surface area contributed by atoms with E-state index in [0.29, 0.717) is 48.4 Å². The van der Waals surface area contributed by atoms with Crippen molar-refractivity contribution in [2.45, 2.75) is 42.0 Å². The van der Waals surface area contributed by atoms with Gasteiger partial charge in [0.25, 0.3) is 0 Å². The molecule has 3 aromatic rings. The van der Waals surface area contributed by atoms with Gasteiger partial charge in [0.2, 0.25) is 15.9 Å². The van der Waals surface area contributed by atoms with E-state index in [2.05, 4.69) is 10.3 Å². The van der Waals surface area contributed by atoms with Gasteiger partial charge in [0.15, 0.2) is 0 Å². The van der Waals surface area contributed by atoms with Crippen LogP contribution in [0.4, 0.5) is 5.82 Å². The van der Waals surface area contributed by atoms with E-state index in [4.69, 9.17) is 11.6 Å². The fraction of sp³-hybridized carbons (Fsp3) is 0.308. The van der Waals surface area contributed by atoms with Gasteiger partial charge in [0, 0.05) is 22.4 Å². The van der Waals surface area contributed by atoms with Crippen molar-refractivity contribution in [3.8, 4) is 17.0 Å². The molecular formula is C26H32ClN3O5S. The maximum atomic E-state index is 13.1. The standard InChI is InChI=1S/C26H26ClN3O5S.3H2/c27-21-11-8-18(15-23(21)32)26(12-13-26)25(33)29-24-5-1-4-22(28-24)17-6-9-20(10-7-17)36(34,35)30-14-2-3-19(30)16-31;;;/h1,4-11,15,19,31-32H,2-3,12-14,16H2,(H,28,29,33);3*1H/t19-;;;/m1.../s1. The third kappa shape index (κ3) is 4.48. The molecule has 3 N–H and O–H groups in total. The molecule has 1 aliphatic heterocycles. The van der Waals surface area contributed by atoms with Crippen molar-refractivity contribution in [3.05, 3.63) is 71.2 Å². The second-order valence-corrected chi connectivity index (χ2v) is 11.5. The van der Waals surface area contributed by atoms with Gasteiger partial charge in [-0.2, -0.15) is 4.31 Å². The third-order valence-electron chi connectivity index (χ3n) is 6.96. The van der Waals surface area contributed by atoms with Crippen molar-refractivity contribution in [3.63, 3.8) is 0 Å². The van der Waals surface area contributed by atoms with E-state index in [0.717, 1.165) is 6.42 Å². The average Bonchev–Trinajstić information content (AvgIpc) is 3.55. The molecule has 5 rings (SSSR count). The molecule has 1 saturated carbocycles. The van der Waals surface area contributed by atoms with Gasteiger partial charge in [-0.15, -0.1) is 0 Å². The van der Waals surface area contributed by atoms with Crippen LogP contribution in [0.25, 0.3) is 11.3 Å². The van der Waals surface area contributed by atoms with Gasteiger partial charge in [-0.25, -0.2) is 13.4 Å². The van der Waals surface area contributed by atoms with Crippen LogP contribution in [0, 0.1) is 0 Å². The number of benzene rings is 2. The number of rotatable bonds is 7. The largest absolute Gasteiger partial charge is 0.506 e. The summed E-state index contributed by atoms with van der Waals surface area (Å²) in [6.07, 6.45) is 2.69. The van der Waals surface area contributed by atoms with Crippen molar-refractivity contribution in [1.29, 1.82) is 0 Å². The van der Waals surface area contributed by atoms with Crippen molar-refractivity contribution in [1.82, 2.24) is 9.29 Å². The van der Waals surface area contributed by atoms with E-state index < -0.39 is 15.4 Å². The minimum atomic E-state index is -3.69. The second kappa shape index (κ2) is 9.48. The molecule has 8 nitrogen and oxygen atoms in total. The summed E-state index contributed by atoms with van der Waals surface area (Å²) >= 11 is 5.91. The number of anilines is 1. The van der Waals surface area contributed by atoms with Gasteiger partial charge in [-0.3, -0.25) is 4.79 Å². The van der Waals surface area contributed by atoms with Crippen molar-refractivity contribution in [2.24, 2.45) is 0 Å². The van der Waals surface area contributed by atoms with Crippen molar-refractivity contribution in [2.75, 3.05) is 18.5 Å². The SMILES string of the molecule is O=C(Nc1cccc(-c2ccc(S(=O)(=O)N3CCC[C@@H]3CO)cc2)n1)C1(c2ccc(Cl)c(O)c2)CC1.[HH].[HH].[HH]. The van der Waals surface area contributed by atoms with Crippen LogP contribution >= 0.6 is 11.6 Å². The molecule has 0 bridgehead atoms. The third-order valence-corrected chi connectivity index (χ3v) is 9.25. The predicted octanol–water partition coefficient (Wildman–Crippen LogP) is 4.66. The van der Waals surface area contributed by atoms with Crippen LogP contribution in [0.3, 0.4) is 0 Å². The molecule has 1 atom stereocenters. The molecule has 0 spiro atoms. The number of carbonyl (C=O) groups excluding carboxylic acids is 1. The Morgan fingerprint density at radius 3 is 2.58 bits per heavy atom. The first kappa shape index (κ1) is 24.7. The van der Waals surface area contributed by atoms with Gasteiger partial charge >= 0.3 is 0 Å². The van der Waals surface area contributed by atoms with E-state index >= 15 is 0 Å². The lowest BCUT2D eigenvalue weighted by molar-refractivity contribution is -0.118. The summed E-state index contributed by atoms with van der Waals surface area (Å²) in [5.41, 5.74) is 1.27. The fourth-order valence-electron chi connectivity index (χ4n) is 4.72. The number of aromatic nitrogens is 1. The molecule has 2 aliphatic rings. The number of carbonyl (C=O) groups is 1. The van der Waals surface area contributed by atoms with Crippen molar-refractivity contribution >= 4 is 33.3 Å². The lowest BCUT2D eigenvalue weighted by atomic mass is 9.94. The number of pyridine rings is 1. The molecule has 1 amide bonds. The first-order chi connectivity index (χ1) is 17.2. The lowest BCUT2D eigenvalue weighted by Gasteiger charge is -2.22. The number of aliphatic hydroxyl groups excluding tert-OH is 1. The Hall–Kier alpha value is -2.98. The highest BCUT2D eigenvalue weighted by Crippen LogP contribution is 2.50. The van der Waals surface area contributed by atoms with Crippen LogP contribution in [0.2, 0.25) is 5.02 Å². The molecular weight excluding hydrogens is 502 g/mol. The van der Waals surface area contributed by atoms with E-state index in [-0.39, 0.29) is 38.5 Å². The van der Waals surface area contributed by atoms with E-state index in [1.54, 1.807) is 42.5 Å². The molecule has 194 valence electrons. The summed E-state index contributed by atoms with van der Waals surface area (Å²) in [5.74, 6) is 0.108. The molecule has 2 fully saturated rings. The summed E-state index contributed by atoms with van der Waals surface area (Å²) < 4.78 is 27.4. The highest BCUT2D eigenvalue weighted by molar-refractivity contribution is 7.89. The minimum absolute atomic E-state index is 0. The Balaban J connectivity index is 0.00000178. The highest BCUT2D eigenvalue weighted by Gasteiger charge is 2.51. The highest BCUT2D eigenvalue weighted by atomic mass is 35.5. The summed E-state index contributed by atoms with van der Waals surface area (Å²) in [6, 6.07) is 16.2. The Labute approximate surface area is 219 Å². The molecule has 10 heteroatoms. The summed E-state index contributed by atoms with van der Waals surface area (Å²) in [7, 11) is -3.69. The number of amides is 1. The number of halogens is 1.